The maximum atomic E-state index is 6.17. The minimum Gasteiger partial charge on any atom is -0.488 e. The third-order valence-electron chi connectivity index (χ3n) is 4.47. The molecule has 0 aromatic heterocycles. The highest BCUT2D eigenvalue weighted by Gasteiger charge is 2.48. The van der Waals surface area contributed by atoms with E-state index in [0.29, 0.717) is 12.0 Å². The van der Waals surface area contributed by atoms with E-state index in [2.05, 4.69) is 48.5 Å². The molecular weight excluding hydrogens is 220 g/mol. The summed E-state index contributed by atoms with van der Waals surface area (Å²) in [6.07, 6.45) is 1.39. The Morgan fingerprint density at radius 2 is 1.67 bits per heavy atom. The quantitative estimate of drug-likeness (QED) is 0.674. The average molecular weight is 232 g/mol. The molecule has 0 saturated carbocycles. The molecule has 2 aromatic carbocycles. The van der Waals surface area contributed by atoms with Crippen molar-refractivity contribution >= 4 is 11.3 Å². The summed E-state index contributed by atoms with van der Waals surface area (Å²) in [6.45, 7) is 0. The molecule has 3 aliphatic rings. The molecule has 1 nitrogen and oxygen atoms in total. The SMILES string of the molecule is c1ccc2c(c1)CC1OC3=C(c4ccccc43)C21. The van der Waals surface area contributed by atoms with Gasteiger partial charge in [-0.15, -0.1) is 0 Å². The van der Waals surface area contributed by atoms with Gasteiger partial charge in [-0.1, -0.05) is 48.5 Å². The highest BCUT2D eigenvalue weighted by atomic mass is 16.5. The molecule has 0 N–H and O–H groups in total. The van der Waals surface area contributed by atoms with Crippen LogP contribution in [0, 0.1) is 0 Å². The van der Waals surface area contributed by atoms with Gasteiger partial charge in [0.1, 0.15) is 11.9 Å². The van der Waals surface area contributed by atoms with E-state index >= 15 is 0 Å². The molecule has 2 aromatic rings. The highest BCUT2D eigenvalue weighted by Crippen LogP contribution is 2.59. The molecular formula is C17H12O. The van der Waals surface area contributed by atoms with E-state index in [1.807, 2.05) is 0 Å². The van der Waals surface area contributed by atoms with Crippen molar-refractivity contribution in [3.8, 4) is 0 Å². The Morgan fingerprint density at radius 3 is 2.61 bits per heavy atom. The van der Waals surface area contributed by atoms with E-state index in [1.54, 1.807) is 0 Å². The minimum atomic E-state index is 0.333. The Kier molecular flexibility index (Phi) is 1.43. The van der Waals surface area contributed by atoms with Gasteiger partial charge >= 0.3 is 0 Å². The van der Waals surface area contributed by atoms with E-state index in [-0.39, 0.29) is 0 Å². The van der Waals surface area contributed by atoms with Crippen LogP contribution in [0.25, 0.3) is 11.3 Å². The highest BCUT2D eigenvalue weighted by molar-refractivity contribution is 6.05. The Bertz CT molecular complexity index is 711. The fourth-order valence-corrected chi connectivity index (χ4v) is 3.72. The summed E-state index contributed by atoms with van der Waals surface area (Å²) in [6, 6.07) is 17.4. The summed E-state index contributed by atoms with van der Waals surface area (Å²) in [4.78, 5) is 0. The number of rotatable bonds is 0. The van der Waals surface area contributed by atoms with Gasteiger partial charge in [0, 0.05) is 17.6 Å². The predicted molar refractivity (Wildman–Crippen MR) is 71.0 cm³/mol. The zero-order chi connectivity index (χ0) is 11.7. The van der Waals surface area contributed by atoms with Crippen LogP contribution in [0.4, 0.5) is 0 Å². The van der Waals surface area contributed by atoms with Gasteiger partial charge in [0.15, 0.2) is 0 Å². The smallest absolute Gasteiger partial charge is 0.132 e. The first-order valence-corrected chi connectivity index (χ1v) is 6.52. The summed E-state index contributed by atoms with van der Waals surface area (Å²) in [5.41, 5.74) is 7.09. The molecule has 0 spiro atoms. The first-order chi connectivity index (χ1) is 8.93. The second-order valence-corrected chi connectivity index (χ2v) is 5.33. The third-order valence-corrected chi connectivity index (χ3v) is 4.47. The van der Waals surface area contributed by atoms with Crippen LogP contribution in [-0.2, 0) is 11.2 Å². The van der Waals surface area contributed by atoms with Gasteiger partial charge < -0.3 is 4.74 Å². The third kappa shape index (κ3) is 0.872. The largest absolute Gasteiger partial charge is 0.488 e. The molecule has 1 heterocycles. The van der Waals surface area contributed by atoms with E-state index in [4.69, 9.17) is 4.74 Å². The van der Waals surface area contributed by atoms with Crippen LogP contribution in [0.5, 0.6) is 0 Å². The van der Waals surface area contributed by atoms with E-state index < -0.39 is 0 Å². The van der Waals surface area contributed by atoms with Gasteiger partial charge in [-0.3, -0.25) is 0 Å². The summed E-state index contributed by atoms with van der Waals surface area (Å²) >= 11 is 0. The van der Waals surface area contributed by atoms with Crippen molar-refractivity contribution in [2.75, 3.05) is 0 Å². The van der Waals surface area contributed by atoms with Gasteiger partial charge in [0.05, 0.1) is 5.92 Å². The first kappa shape index (κ1) is 8.98. The normalized spacial score (nSPS) is 25.8. The summed E-state index contributed by atoms with van der Waals surface area (Å²) in [5, 5.41) is 0. The molecule has 1 aliphatic heterocycles. The molecule has 18 heavy (non-hydrogen) atoms. The summed E-state index contributed by atoms with van der Waals surface area (Å²) in [7, 11) is 0. The van der Waals surface area contributed by atoms with Crippen molar-refractivity contribution in [2.24, 2.45) is 0 Å². The van der Waals surface area contributed by atoms with E-state index in [0.717, 1.165) is 12.2 Å². The topological polar surface area (TPSA) is 9.23 Å². The van der Waals surface area contributed by atoms with Crippen molar-refractivity contribution in [3.05, 3.63) is 70.8 Å². The lowest BCUT2D eigenvalue weighted by molar-refractivity contribution is 0.188. The minimum absolute atomic E-state index is 0.333. The van der Waals surface area contributed by atoms with Gasteiger partial charge in [-0.2, -0.15) is 0 Å². The monoisotopic (exact) mass is 232 g/mol. The number of hydrogen-bond donors (Lipinski definition) is 0. The summed E-state index contributed by atoms with van der Waals surface area (Å²) in [5.74, 6) is 1.64. The molecule has 5 rings (SSSR count). The number of benzene rings is 2. The van der Waals surface area contributed by atoms with Gasteiger partial charge in [-0.25, -0.2) is 0 Å². The van der Waals surface area contributed by atoms with Crippen LogP contribution in [0.1, 0.15) is 28.2 Å². The molecule has 1 heteroatoms. The Labute approximate surface area is 106 Å². The second-order valence-electron chi connectivity index (χ2n) is 5.33. The van der Waals surface area contributed by atoms with Gasteiger partial charge in [0.2, 0.25) is 0 Å². The van der Waals surface area contributed by atoms with Crippen LogP contribution in [0.15, 0.2) is 48.5 Å². The number of fused-ring (bicyclic) bond motifs is 7. The van der Waals surface area contributed by atoms with Crippen molar-refractivity contribution in [3.63, 3.8) is 0 Å². The molecule has 0 radical (unpaired) electrons. The van der Waals surface area contributed by atoms with Crippen LogP contribution in [0.2, 0.25) is 0 Å². The van der Waals surface area contributed by atoms with Crippen LogP contribution < -0.4 is 0 Å². The van der Waals surface area contributed by atoms with Gasteiger partial charge in [0.25, 0.3) is 0 Å². The van der Waals surface area contributed by atoms with E-state index in [9.17, 15) is 0 Å². The summed E-state index contributed by atoms with van der Waals surface area (Å²) < 4.78 is 6.17. The molecule has 2 aliphatic carbocycles. The average Bonchev–Trinajstić information content (AvgIpc) is 2.90. The number of ether oxygens (including phenoxy) is 1. The van der Waals surface area contributed by atoms with Crippen molar-refractivity contribution in [1.82, 2.24) is 0 Å². The molecule has 2 unspecified atom stereocenters. The maximum Gasteiger partial charge on any atom is 0.132 e. The molecule has 86 valence electrons. The van der Waals surface area contributed by atoms with Crippen molar-refractivity contribution in [1.29, 1.82) is 0 Å². The lowest BCUT2D eigenvalue weighted by Crippen LogP contribution is -2.10. The van der Waals surface area contributed by atoms with Crippen LogP contribution in [-0.4, -0.2) is 6.10 Å². The molecule has 0 amide bonds. The van der Waals surface area contributed by atoms with Gasteiger partial charge in [-0.05, 0) is 16.7 Å². The standard InChI is InChI=1S/C17H12O/c1-2-6-11-10(5-1)9-14-15(11)16-12-7-3-4-8-13(12)17(16)18-14/h1-8,14-15H,9H2. The van der Waals surface area contributed by atoms with Crippen molar-refractivity contribution in [2.45, 2.75) is 18.4 Å². The molecule has 2 atom stereocenters. The molecule has 0 bridgehead atoms. The lowest BCUT2D eigenvalue weighted by atomic mass is 9.78. The Morgan fingerprint density at radius 1 is 0.889 bits per heavy atom. The predicted octanol–water partition coefficient (Wildman–Crippen LogP) is 3.61. The molecule has 0 saturated heterocycles. The zero-order valence-electron chi connectivity index (χ0n) is 9.89. The Hall–Kier alpha value is -2.02. The fourth-order valence-electron chi connectivity index (χ4n) is 3.72. The van der Waals surface area contributed by atoms with Crippen LogP contribution in [0.3, 0.4) is 0 Å². The fraction of sp³-hybridized carbons (Fsp3) is 0.176. The number of hydrogen-bond acceptors (Lipinski definition) is 1. The lowest BCUT2D eigenvalue weighted by Gasteiger charge is -2.23. The second kappa shape index (κ2) is 2.86. The zero-order valence-corrected chi connectivity index (χ0v) is 9.89. The first-order valence-electron chi connectivity index (χ1n) is 6.52. The molecule has 0 fully saturated rings. The van der Waals surface area contributed by atoms with Crippen molar-refractivity contribution < 1.29 is 4.74 Å². The maximum absolute atomic E-state index is 6.17. The van der Waals surface area contributed by atoms with E-state index in [1.165, 1.54) is 27.8 Å². The Balaban J connectivity index is 1.71. The van der Waals surface area contributed by atoms with Crippen LogP contribution >= 0.6 is 0 Å².